The third-order valence-corrected chi connectivity index (χ3v) is 6.86. The summed E-state index contributed by atoms with van der Waals surface area (Å²) in [5.41, 5.74) is -6.10. The Morgan fingerprint density at radius 2 is 1.97 bits per heavy atom. The van der Waals surface area contributed by atoms with Gasteiger partial charge in [-0.2, -0.15) is 21.6 Å². The molecule has 2 amide bonds. The van der Waals surface area contributed by atoms with Crippen LogP contribution in [-0.2, 0) is 19.6 Å². The van der Waals surface area contributed by atoms with Crippen LogP contribution in [0, 0.1) is 0 Å². The number of aromatic nitrogens is 1. The molecule has 0 saturated carbocycles. The van der Waals surface area contributed by atoms with Crippen LogP contribution in [0.5, 0.6) is 17.2 Å². The van der Waals surface area contributed by atoms with Crippen LogP contribution in [0.1, 0.15) is 40.0 Å². The first-order chi connectivity index (χ1) is 18.1. The number of pyridine rings is 1. The lowest BCUT2D eigenvalue weighted by Gasteiger charge is -2.39. The molecule has 3 heterocycles. The monoisotopic (exact) mass is 575 g/mol. The smallest absolute Gasteiger partial charge is 0.489 e. The fourth-order valence-electron chi connectivity index (χ4n) is 4.17. The quantitative estimate of drug-likeness (QED) is 0.422. The number of carbonyl (C=O) groups is 2. The molecule has 2 aliphatic rings. The van der Waals surface area contributed by atoms with Crippen molar-refractivity contribution in [2.24, 2.45) is 0 Å². The van der Waals surface area contributed by atoms with E-state index in [1.165, 1.54) is 23.2 Å². The van der Waals surface area contributed by atoms with Gasteiger partial charge in [-0.05, 0) is 45.4 Å². The molecule has 2 aromatic rings. The Bertz CT molecular complexity index is 1360. The number of ether oxygens (including phenoxy) is 3. The van der Waals surface area contributed by atoms with Crippen molar-refractivity contribution in [3.8, 4) is 17.2 Å². The van der Waals surface area contributed by atoms with Crippen LogP contribution in [0.15, 0.2) is 24.4 Å². The van der Waals surface area contributed by atoms with E-state index < -0.39 is 51.1 Å². The molecule has 2 aliphatic heterocycles. The molecule has 2 atom stereocenters. The number of alkyl halides is 3. The molecular weight excluding hydrogens is 547 g/mol. The van der Waals surface area contributed by atoms with E-state index in [1.54, 1.807) is 20.8 Å². The minimum atomic E-state index is -5.97. The Kier molecular flexibility index (Phi) is 7.74. The van der Waals surface area contributed by atoms with Crippen molar-refractivity contribution in [3.05, 3.63) is 24.4 Å². The summed E-state index contributed by atoms with van der Waals surface area (Å²) in [6.07, 6.45) is 0.969. The van der Waals surface area contributed by atoms with Gasteiger partial charge in [-0.25, -0.2) is 4.79 Å². The van der Waals surface area contributed by atoms with Gasteiger partial charge in [0, 0.05) is 31.3 Å². The Hall–Kier alpha value is -3.49. The second-order valence-corrected chi connectivity index (χ2v) is 11.6. The van der Waals surface area contributed by atoms with Crippen molar-refractivity contribution in [1.29, 1.82) is 0 Å². The van der Waals surface area contributed by atoms with Gasteiger partial charge in [-0.1, -0.05) is 0 Å². The Morgan fingerprint density at radius 1 is 1.23 bits per heavy atom. The molecule has 15 heteroatoms. The summed E-state index contributed by atoms with van der Waals surface area (Å²) in [4.78, 5) is 31.5. The van der Waals surface area contributed by atoms with Crippen LogP contribution in [0.25, 0.3) is 10.9 Å². The summed E-state index contributed by atoms with van der Waals surface area (Å²) >= 11 is 0. The van der Waals surface area contributed by atoms with Crippen LogP contribution in [0.2, 0.25) is 0 Å². The minimum absolute atomic E-state index is 0.105. The van der Waals surface area contributed by atoms with E-state index >= 15 is 0 Å². The van der Waals surface area contributed by atoms with Crippen molar-refractivity contribution in [2.45, 2.75) is 63.3 Å². The van der Waals surface area contributed by atoms with E-state index in [0.29, 0.717) is 11.9 Å². The number of hydrogen-bond donors (Lipinski definition) is 1. The molecule has 1 aromatic heterocycles. The third kappa shape index (κ3) is 6.57. The second kappa shape index (κ2) is 10.6. The molecule has 1 saturated heterocycles. The molecule has 1 fully saturated rings. The van der Waals surface area contributed by atoms with Gasteiger partial charge in [0.05, 0.1) is 18.3 Å². The molecule has 11 nitrogen and oxygen atoms in total. The van der Waals surface area contributed by atoms with Crippen LogP contribution in [-0.4, -0.2) is 73.3 Å². The zero-order chi connectivity index (χ0) is 28.6. The van der Waals surface area contributed by atoms with E-state index in [-0.39, 0.29) is 49.4 Å². The van der Waals surface area contributed by atoms with E-state index in [0.717, 1.165) is 6.07 Å². The normalized spacial score (nSPS) is 20.9. The molecule has 0 spiro atoms. The first-order valence-corrected chi connectivity index (χ1v) is 13.6. The van der Waals surface area contributed by atoms with E-state index in [4.69, 9.17) is 14.2 Å². The highest BCUT2D eigenvalue weighted by Crippen LogP contribution is 2.40. The summed E-state index contributed by atoms with van der Waals surface area (Å²) in [6, 6.07) is 2.91. The predicted octanol–water partition coefficient (Wildman–Crippen LogP) is 3.51. The molecule has 39 heavy (non-hydrogen) atoms. The SMILES string of the molecule is CC(C)(C)OC(=O)N1CC[C@H]2C[C@H]1C(=O)NCCCOc1c(OS(=O)(=O)C(F)(F)F)ccc3ncc(cc13)O2. The summed E-state index contributed by atoms with van der Waals surface area (Å²) in [6.45, 7) is 5.35. The molecule has 1 aromatic carbocycles. The number of amides is 2. The van der Waals surface area contributed by atoms with Gasteiger partial charge in [-0.15, -0.1) is 0 Å². The summed E-state index contributed by atoms with van der Waals surface area (Å²) < 4.78 is 83.9. The number of benzene rings is 1. The van der Waals surface area contributed by atoms with Gasteiger partial charge in [0.15, 0.2) is 11.5 Å². The summed E-state index contributed by atoms with van der Waals surface area (Å²) in [5.74, 6) is -1.16. The number of nitrogens with one attached hydrogen (secondary N) is 1. The molecule has 0 radical (unpaired) electrons. The zero-order valence-electron chi connectivity index (χ0n) is 21.4. The first kappa shape index (κ1) is 28.5. The van der Waals surface area contributed by atoms with E-state index in [2.05, 4.69) is 14.5 Å². The van der Waals surface area contributed by atoms with E-state index in [1.807, 2.05) is 0 Å². The van der Waals surface area contributed by atoms with Crippen molar-refractivity contribution < 1.29 is 49.6 Å². The maximum Gasteiger partial charge on any atom is 0.534 e. The van der Waals surface area contributed by atoms with Gasteiger partial charge < -0.3 is 23.7 Å². The van der Waals surface area contributed by atoms with Crippen molar-refractivity contribution >= 4 is 33.0 Å². The molecule has 1 N–H and O–H groups in total. The van der Waals surface area contributed by atoms with Gasteiger partial charge in [0.2, 0.25) is 5.91 Å². The Morgan fingerprint density at radius 3 is 2.67 bits per heavy atom. The molecule has 0 aliphatic carbocycles. The van der Waals surface area contributed by atoms with Crippen molar-refractivity contribution in [1.82, 2.24) is 15.2 Å². The number of rotatable bonds is 2. The van der Waals surface area contributed by atoms with Gasteiger partial charge in [0.1, 0.15) is 23.5 Å². The van der Waals surface area contributed by atoms with Gasteiger partial charge in [0.25, 0.3) is 0 Å². The van der Waals surface area contributed by atoms with Crippen LogP contribution in [0.4, 0.5) is 18.0 Å². The summed E-state index contributed by atoms with van der Waals surface area (Å²) in [7, 11) is -5.97. The predicted molar refractivity (Wildman–Crippen MR) is 131 cm³/mol. The number of fused-ring (bicyclic) bond motifs is 3. The maximum atomic E-state index is 13.0. The molecule has 0 unspecified atom stereocenters. The van der Waals surface area contributed by atoms with Crippen LogP contribution >= 0.6 is 0 Å². The standard InChI is InChI=1S/C24H28F3N3O8S/c1-23(2,3)37-22(32)30-9-7-14-12-18(30)21(31)28-8-4-10-35-20-16-11-15(36-14)13-29-17(16)5-6-19(20)38-39(33,34)24(25,26)27/h5-6,11,13-14,18H,4,7-10,12H2,1-3H3,(H,28,31)/t14-,18-/m0/s1. The lowest BCUT2D eigenvalue weighted by atomic mass is 9.98. The van der Waals surface area contributed by atoms with Crippen LogP contribution in [0.3, 0.4) is 0 Å². The Balaban J connectivity index is 1.67. The fraction of sp³-hybridized carbons (Fsp3) is 0.542. The highest BCUT2D eigenvalue weighted by molar-refractivity contribution is 7.88. The lowest BCUT2D eigenvalue weighted by molar-refractivity contribution is -0.129. The number of hydrogen-bond acceptors (Lipinski definition) is 9. The maximum absolute atomic E-state index is 13.0. The molecule has 4 rings (SSSR count). The lowest BCUT2D eigenvalue weighted by Crippen LogP contribution is -2.56. The highest BCUT2D eigenvalue weighted by atomic mass is 32.2. The highest BCUT2D eigenvalue weighted by Gasteiger charge is 2.49. The van der Waals surface area contributed by atoms with Crippen molar-refractivity contribution in [2.75, 3.05) is 19.7 Å². The zero-order valence-corrected chi connectivity index (χ0v) is 22.2. The molecule has 4 bridgehead atoms. The number of carbonyl (C=O) groups excluding carboxylic acids is 2. The number of piperidine rings is 1. The average molecular weight is 576 g/mol. The average Bonchev–Trinajstić information content (AvgIpc) is 2.82. The van der Waals surface area contributed by atoms with Gasteiger partial charge in [-0.3, -0.25) is 14.7 Å². The molecule has 214 valence electrons. The topological polar surface area (TPSA) is 133 Å². The van der Waals surface area contributed by atoms with Crippen molar-refractivity contribution in [3.63, 3.8) is 0 Å². The summed E-state index contributed by atoms with van der Waals surface area (Å²) in [5, 5.41) is 2.90. The second-order valence-electron chi connectivity index (χ2n) is 10.1. The minimum Gasteiger partial charge on any atom is -0.489 e. The molecular formula is C24H28F3N3O8S. The first-order valence-electron chi connectivity index (χ1n) is 12.1. The largest absolute Gasteiger partial charge is 0.534 e. The third-order valence-electron chi connectivity index (χ3n) is 5.89. The van der Waals surface area contributed by atoms with Crippen LogP contribution < -0.4 is 19.0 Å². The fourth-order valence-corrected chi connectivity index (χ4v) is 4.64. The number of nitrogens with zero attached hydrogens (tertiary/aromatic N) is 2. The Labute approximate surface area is 222 Å². The van der Waals surface area contributed by atoms with E-state index in [9.17, 15) is 31.2 Å². The number of halogens is 3. The van der Waals surface area contributed by atoms with Gasteiger partial charge >= 0.3 is 21.7 Å². The number of likely N-dealkylation sites (tertiary alicyclic amines) is 1.